The molecule has 0 atom stereocenters. The highest BCUT2D eigenvalue weighted by molar-refractivity contribution is 9.10. The highest BCUT2D eigenvalue weighted by Gasteiger charge is 2.31. The Kier molecular flexibility index (Phi) is 6.08. The van der Waals surface area contributed by atoms with Gasteiger partial charge >= 0.3 is 12.5 Å². The van der Waals surface area contributed by atoms with Gasteiger partial charge in [-0.2, -0.15) is 0 Å². The van der Waals surface area contributed by atoms with Gasteiger partial charge in [0.15, 0.2) is 0 Å². The van der Waals surface area contributed by atoms with Crippen molar-refractivity contribution >= 4 is 22.0 Å². The molecule has 0 fully saturated rings. The van der Waals surface area contributed by atoms with Crippen molar-refractivity contribution in [3.05, 3.63) is 28.2 Å². The summed E-state index contributed by atoms with van der Waals surface area (Å²) in [6.07, 6.45) is -5.59. The van der Waals surface area contributed by atoms with Gasteiger partial charge < -0.3 is 20.5 Å². The van der Waals surface area contributed by atoms with E-state index in [2.05, 4.69) is 30.7 Å². The van der Waals surface area contributed by atoms with Crippen LogP contribution in [0.15, 0.2) is 22.7 Å². The molecule has 0 radical (unpaired) electrons. The molecule has 0 aliphatic carbocycles. The summed E-state index contributed by atoms with van der Waals surface area (Å²) in [7, 11) is 0. The van der Waals surface area contributed by atoms with Crippen LogP contribution in [0.3, 0.4) is 0 Å². The zero-order chi connectivity index (χ0) is 15.2. The smallest absolute Gasteiger partial charge is 0.448 e. The molecule has 0 spiro atoms. The summed E-state index contributed by atoms with van der Waals surface area (Å²) in [5, 5.41) is 2.94. The van der Waals surface area contributed by atoms with Crippen molar-refractivity contribution in [3.63, 3.8) is 0 Å². The van der Waals surface area contributed by atoms with E-state index >= 15 is 0 Å². The molecular formula is C11H12BrF3N2O3. The number of rotatable bonds is 6. The Labute approximate surface area is 121 Å². The topological polar surface area (TPSA) is 73.6 Å². The molecule has 0 aromatic heterocycles. The van der Waals surface area contributed by atoms with Crippen LogP contribution in [0.2, 0.25) is 0 Å². The fourth-order valence-corrected chi connectivity index (χ4v) is 1.83. The first-order chi connectivity index (χ1) is 9.28. The summed E-state index contributed by atoms with van der Waals surface area (Å²) in [4.78, 5) is 10.3. The van der Waals surface area contributed by atoms with Crippen molar-refractivity contribution in [2.75, 3.05) is 13.2 Å². The Morgan fingerprint density at radius 1 is 1.40 bits per heavy atom. The van der Waals surface area contributed by atoms with Crippen LogP contribution >= 0.6 is 15.9 Å². The van der Waals surface area contributed by atoms with E-state index in [1.54, 1.807) is 0 Å². The van der Waals surface area contributed by atoms with Crippen molar-refractivity contribution < 1.29 is 27.4 Å². The monoisotopic (exact) mass is 356 g/mol. The lowest BCUT2D eigenvalue weighted by Gasteiger charge is -2.12. The molecule has 20 heavy (non-hydrogen) atoms. The van der Waals surface area contributed by atoms with Gasteiger partial charge in [-0.3, -0.25) is 0 Å². The van der Waals surface area contributed by atoms with E-state index in [1.165, 1.54) is 18.2 Å². The number of benzene rings is 1. The highest BCUT2D eigenvalue weighted by atomic mass is 79.9. The molecule has 0 aliphatic rings. The average molecular weight is 357 g/mol. The number of halogens is 4. The van der Waals surface area contributed by atoms with Crippen LogP contribution in [0.5, 0.6) is 5.75 Å². The average Bonchev–Trinajstić information content (AvgIpc) is 2.30. The molecule has 112 valence electrons. The van der Waals surface area contributed by atoms with E-state index in [-0.39, 0.29) is 16.8 Å². The van der Waals surface area contributed by atoms with Gasteiger partial charge in [0.25, 0.3) is 0 Å². The van der Waals surface area contributed by atoms with Gasteiger partial charge in [0, 0.05) is 13.1 Å². The van der Waals surface area contributed by atoms with Crippen LogP contribution in [0.4, 0.5) is 18.0 Å². The number of nitrogens with one attached hydrogen (secondary N) is 1. The summed E-state index contributed by atoms with van der Waals surface area (Å²) in [6.45, 7) is 0.889. The van der Waals surface area contributed by atoms with E-state index in [0.717, 1.165) is 5.56 Å². The van der Waals surface area contributed by atoms with Crippen molar-refractivity contribution in [3.8, 4) is 5.75 Å². The molecule has 1 rings (SSSR count). The largest absolute Gasteiger partial charge is 0.573 e. The maximum absolute atomic E-state index is 12.1. The third-order valence-corrected chi connectivity index (χ3v) is 2.69. The van der Waals surface area contributed by atoms with Gasteiger partial charge in [-0.25, -0.2) is 4.79 Å². The Bertz CT molecular complexity index is 469. The van der Waals surface area contributed by atoms with Crippen LogP contribution in [-0.2, 0) is 11.3 Å². The zero-order valence-corrected chi connectivity index (χ0v) is 11.8. The zero-order valence-electron chi connectivity index (χ0n) is 10.2. The second kappa shape index (κ2) is 7.34. The Balaban J connectivity index is 2.45. The number of hydrogen-bond donors (Lipinski definition) is 2. The second-order valence-corrected chi connectivity index (χ2v) is 4.51. The quantitative estimate of drug-likeness (QED) is 0.768. The summed E-state index contributed by atoms with van der Waals surface area (Å²) in [5.41, 5.74) is 5.51. The first-order valence-electron chi connectivity index (χ1n) is 5.45. The lowest BCUT2D eigenvalue weighted by atomic mass is 10.2. The van der Waals surface area contributed by atoms with Gasteiger partial charge in [-0.05, 0) is 33.6 Å². The maximum atomic E-state index is 12.1. The minimum Gasteiger partial charge on any atom is -0.448 e. The first-order valence-corrected chi connectivity index (χ1v) is 6.24. The fourth-order valence-electron chi connectivity index (χ4n) is 1.32. The number of primary amides is 1. The number of alkyl halides is 3. The summed E-state index contributed by atoms with van der Waals surface area (Å²) < 4.78 is 44.7. The normalized spacial score (nSPS) is 11.2. The summed E-state index contributed by atoms with van der Waals surface area (Å²) in [5.74, 6) is -0.307. The standard InChI is InChI=1S/C11H12BrF3N2O3/c12-8-5-7(6-17-3-4-19-10(16)18)1-2-9(8)20-11(13,14)15/h1-2,5,17H,3-4,6H2,(H2,16,18). The molecule has 0 saturated heterocycles. The second-order valence-electron chi connectivity index (χ2n) is 3.66. The van der Waals surface area contributed by atoms with Crippen LogP contribution < -0.4 is 15.8 Å². The molecule has 0 aliphatic heterocycles. The number of nitrogens with two attached hydrogens (primary N) is 1. The fraction of sp³-hybridized carbons (Fsp3) is 0.364. The van der Waals surface area contributed by atoms with E-state index in [1.807, 2.05) is 0 Å². The molecule has 0 saturated carbocycles. The Hall–Kier alpha value is -1.48. The number of hydrogen-bond acceptors (Lipinski definition) is 4. The van der Waals surface area contributed by atoms with Gasteiger partial charge in [0.05, 0.1) is 4.47 Å². The minimum absolute atomic E-state index is 0.117. The van der Waals surface area contributed by atoms with E-state index in [9.17, 15) is 18.0 Å². The number of amides is 1. The molecule has 5 nitrogen and oxygen atoms in total. The number of ether oxygens (including phenoxy) is 2. The third kappa shape index (κ3) is 6.62. The molecule has 0 heterocycles. The Morgan fingerprint density at radius 2 is 2.10 bits per heavy atom. The molecule has 3 N–H and O–H groups in total. The summed E-state index contributed by atoms with van der Waals surface area (Å²) >= 11 is 3.00. The van der Waals surface area contributed by atoms with Crippen molar-refractivity contribution in [1.82, 2.24) is 5.32 Å². The van der Waals surface area contributed by atoms with Gasteiger partial charge in [0.2, 0.25) is 0 Å². The lowest BCUT2D eigenvalue weighted by molar-refractivity contribution is -0.274. The van der Waals surface area contributed by atoms with E-state index in [4.69, 9.17) is 5.73 Å². The highest BCUT2D eigenvalue weighted by Crippen LogP contribution is 2.30. The molecular weight excluding hydrogens is 345 g/mol. The maximum Gasteiger partial charge on any atom is 0.573 e. The van der Waals surface area contributed by atoms with Crippen molar-refractivity contribution in [2.45, 2.75) is 12.9 Å². The number of carbonyl (C=O) groups is 1. The van der Waals surface area contributed by atoms with Gasteiger partial charge in [0.1, 0.15) is 12.4 Å². The van der Waals surface area contributed by atoms with Crippen LogP contribution in [0.25, 0.3) is 0 Å². The van der Waals surface area contributed by atoms with Crippen molar-refractivity contribution in [2.24, 2.45) is 5.73 Å². The van der Waals surface area contributed by atoms with Gasteiger partial charge in [-0.1, -0.05) is 6.07 Å². The molecule has 0 bridgehead atoms. The predicted octanol–water partition coefficient (Wildman–Crippen LogP) is 2.53. The van der Waals surface area contributed by atoms with Crippen LogP contribution in [-0.4, -0.2) is 25.6 Å². The minimum atomic E-state index is -4.73. The third-order valence-electron chi connectivity index (χ3n) is 2.07. The molecule has 1 aromatic carbocycles. The molecule has 0 unspecified atom stereocenters. The first kappa shape index (κ1) is 16.6. The molecule has 9 heteroatoms. The predicted molar refractivity (Wildman–Crippen MR) is 68.1 cm³/mol. The molecule has 1 amide bonds. The van der Waals surface area contributed by atoms with Crippen molar-refractivity contribution in [1.29, 1.82) is 0 Å². The number of carbonyl (C=O) groups excluding carboxylic acids is 1. The van der Waals surface area contributed by atoms with E-state index in [0.29, 0.717) is 13.1 Å². The molecule has 1 aromatic rings. The summed E-state index contributed by atoms with van der Waals surface area (Å²) in [6, 6.07) is 4.21. The van der Waals surface area contributed by atoms with Crippen LogP contribution in [0.1, 0.15) is 5.56 Å². The Morgan fingerprint density at radius 3 is 2.65 bits per heavy atom. The SMILES string of the molecule is NC(=O)OCCNCc1ccc(OC(F)(F)F)c(Br)c1. The van der Waals surface area contributed by atoms with E-state index < -0.39 is 12.5 Å². The van der Waals surface area contributed by atoms with Crippen LogP contribution in [0, 0.1) is 0 Å². The van der Waals surface area contributed by atoms with Gasteiger partial charge in [-0.15, -0.1) is 13.2 Å². The lowest BCUT2D eigenvalue weighted by Crippen LogP contribution is -2.23.